The summed E-state index contributed by atoms with van der Waals surface area (Å²) >= 11 is 0. The quantitative estimate of drug-likeness (QED) is 0.620. The van der Waals surface area contributed by atoms with Crippen LogP contribution in [-0.4, -0.2) is 6.67 Å². The van der Waals surface area contributed by atoms with Gasteiger partial charge >= 0.3 is 0 Å². The van der Waals surface area contributed by atoms with Crippen LogP contribution >= 0.6 is 0 Å². The Labute approximate surface area is 82.5 Å². The molecule has 2 heteroatoms. The van der Waals surface area contributed by atoms with E-state index in [2.05, 4.69) is 13.8 Å². The summed E-state index contributed by atoms with van der Waals surface area (Å²) in [6.07, 6.45) is 2.76. The molecule has 0 rings (SSSR count). The maximum atomic E-state index is 11.6. The van der Waals surface area contributed by atoms with Gasteiger partial charge in [-0.05, 0) is 0 Å². The summed E-state index contributed by atoms with van der Waals surface area (Å²) in [5.41, 5.74) is 0. The minimum atomic E-state index is -0.184. The molecule has 0 amide bonds. The summed E-state index contributed by atoms with van der Waals surface area (Å²) in [6, 6.07) is 0. The molecule has 1 radical (unpaired) electrons. The van der Waals surface area contributed by atoms with Crippen LogP contribution in [0, 0.1) is 5.92 Å². The van der Waals surface area contributed by atoms with Crippen LogP contribution in [0.1, 0.15) is 33.1 Å². The zero-order valence-electron chi connectivity index (χ0n) is 6.28. The van der Waals surface area contributed by atoms with Crippen LogP contribution < -0.4 is 0 Å². The van der Waals surface area contributed by atoms with Gasteiger partial charge in [-0.2, -0.15) is 12.8 Å². The second kappa shape index (κ2) is 9.03. The van der Waals surface area contributed by atoms with Crippen molar-refractivity contribution >= 4 is 0 Å². The Balaban J connectivity index is 0. The maximum absolute atomic E-state index is 11.6. The topological polar surface area (TPSA) is 0 Å². The fourth-order valence-electron chi connectivity index (χ4n) is 0.737. The summed E-state index contributed by atoms with van der Waals surface area (Å²) in [6.45, 7) is 3.97. The SMILES string of the molecule is CC[C-](CC)CCF.[Y]. The minimum absolute atomic E-state index is 0. The minimum Gasteiger partial charge on any atom is -0.312 e. The van der Waals surface area contributed by atoms with E-state index in [4.69, 9.17) is 0 Å². The fourth-order valence-corrected chi connectivity index (χ4v) is 0.737. The summed E-state index contributed by atoms with van der Waals surface area (Å²) in [4.78, 5) is 0. The molecule has 0 atom stereocenters. The van der Waals surface area contributed by atoms with Gasteiger partial charge in [0, 0.05) is 32.7 Å². The molecular weight excluding hydrogens is 192 g/mol. The molecule has 0 aromatic heterocycles. The van der Waals surface area contributed by atoms with Crippen LogP contribution in [0.3, 0.4) is 0 Å². The Kier molecular flexibility index (Phi) is 12.7. The molecule has 0 N–H and O–H groups in total. The molecule has 53 valence electrons. The number of halogens is 1. The van der Waals surface area contributed by atoms with Gasteiger partial charge in [0.2, 0.25) is 0 Å². The number of rotatable bonds is 4. The van der Waals surface area contributed by atoms with E-state index in [-0.39, 0.29) is 39.4 Å². The third kappa shape index (κ3) is 6.92. The molecule has 9 heavy (non-hydrogen) atoms. The van der Waals surface area contributed by atoms with Gasteiger partial charge in [-0.25, -0.2) is 0 Å². The standard InChI is InChI=1S/C7H14F.Y/c1-3-7(4-2)5-6-8;/h3-6H2,1-2H3;/q-1;. The van der Waals surface area contributed by atoms with Crippen molar-refractivity contribution in [3.8, 4) is 0 Å². The van der Waals surface area contributed by atoms with Crippen molar-refractivity contribution < 1.29 is 37.1 Å². The van der Waals surface area contributed by atoms with E-state index in [1.165, 1.54) is 5.92 Å². The Bertz CT molecular complexity index is 44.2. The Hall–Kier alpha value is 1.03. The Morgan fingerprint density at radius 1 is 1.22 bits per heavy atom. The van der Waals surface area contributed by atoms with Gasteiger partial charge in [-0.3, -0.25) is 4.39 Å². The van der Waals surface area contributed by atoms with Crippen molar-refractivity contribution in [2.75, 3.05) is 6.67 Å². The molecule has 0 saturated heterocycles. The largest absolute Gasteiger partial charge is 0.312 e. The first-order valence-corrected chi connectivity index (χ1v) is 3.24. The molecule has 0 spiro atoms. The van der Waals surface area contributed by atoms with E-state index in [1.807, 2.05) is 0 Å². The third-order valence-electron chi connectivity index (χ3n) is 1.45. The van der Waals surface area contributed by atoms with Gasteiger partial charge in [-0.15, -0.1) is 6.42 Å². The van der Waals surface area contributed by atoms with E-state index in [0.717, 1.165) is 12.8 Å². The molecule has 0 aliphatic carbocycles. The van der Waals surface area contributed by atoms with Crippen molar-refractivity contribution in [2.45, 2.75) is 33.1 Å². The van der Waals surface area contributed by atoms with Gasteiger partial charge < -0.3 is 5.92 Å². The summed E-state index contributed by atoms with van der Waals surface area (Å²) in [5.74, 6) is 1.34. The van der Waals surface area contributed by atoms with Gasteiger partial charge in [0.05, 0.1) is 6.67 Å². The van der Waals surface area contributed by atoms with Gasteiger partial charge in [-0.1, -0.05) is 13.8 Å². The summed E-state index contributed by atoms with van der Waals surface area (Å²) < 4.78 is 11.6. The van der Waals surface area contributed by atoms with Gasteiger partial charge in [0.1, 0.15) is 0 Å². The fraction of sp³-hybridized carbons (Fsp3) is 0.857. The van der Waals surface area contributed by atoms with Crippen LogP contribution in [0.15, 0.2) is 0 Å². The van der Waals surface area contributed by atoms with Gasteiger partial charge in [0.15, 0.2) is 0 Å². The Morgan fingerprint density at radius 3 is 1.78 bits per heavy atom. The zero-order chi connectivity index (χ0) is 6.41. The van der Waals surface area contributed by atoms with Crippen molar-refractivity contribution in [1.82, 2.24) is 0 Å². The monoisotopic (exact) mass is 206 g/mol. The van der Waals surface area contributed by atoms with E-state index >= 15 is 0 Å². The molecule has 0 nitrogen and oxygen atoms in total. The second-order valence-electron chi connectivity index (χ2n) is 1.90. The predicted molar refractivity (Wildman–Crippen MR) is 34.4 cm³/mol. The smallest absolute Gasteiger partial charge is 0.0628 e. The number of hydrogen-bond acceptors (Lipinski definition) is 0. The van der Waals surface area contributed by atoms with E-state index in [1.54, 1.807) is 0 Å². The van der Waals surface area contributed by atoms with Crippen LogP contribution in [0.25, 0.3) is 0 Å². The number of alkyl halides is 1. The normalized spacial score (nSPS) is 9.33. The van der Waals surface area contributed by atoms with Crippen LogP contribution in [0.5, 0.6) is 0 Å². The van der Waals surface area contributed by atoms with Crippen LogP contribution in [0.4, 0.5) is 4.39 Å². The molecule has 0 unspecified atom stereocenters. The first-order valence-electron chi connectivity index (χ1n) is 3.24. The van der Waals surface area contributed by atoms with Crippen molar-refractivity contribution in [2.24, 2.45) is 0 Å². The third-order valence-corrected chi connectivity index (χ3v) is 1.45. The average Bonchev–Trinajstić information content (AvgIpc) is 1.83. The zero-order valence-corrected chi connectivity index (χ0v) is 9.12. The summed E-state index contributed by atoms with van der Waals surface area (Å²) in [5, 5.41) is 0. The van der Waals surface area contributed by atoms with Crippen LogP contribution in [-0.2, 0) is 32.7 Å². The maximum Gasteiger partial charge on any atom is 0.0628 e. The molecule has 0 aliphatic rings. The van der Waals surface area contributed by atoms with Crippen molar-refractivity contribution in [1.29, 1.82) is 0 Å². The second-order valence-corrected chi connectivity index (χ2v) is 1.90. The van der Waals surface area contributed by atoms with E-state index in [0.29, 0.717) is 6.42 Å². The summed E-state index contributed by atoms with van der Waals surface area (Å²) in [7, 11) is 0. The molecule has 0 heterocycles. The molecule has 0 saturated carbocycles. The molecule has 0 bridgehead atoms. The molecule has 0 aromatic carbocycles. The van der Waals surface area contributed by atoms with E-state index < -0.39 is 0 Å². The van der Waals surface area contributed by atoms with Crippen LogP contribution in [0.2, 0.25) is 0 Å². The molecule has 0 fully saturated rings. The number of hydrogen-bond donors (Lipinski definition) is 0. The Morgan fingerprint density at radius 2 is 1.67 bits per heavy atom. The molecule has 0 aromatic rings. The molecular formula is C7H14FY-. The first kappa shape index (κ1) is 12.7. The van der Waals surface area contributed by atoms with E-state index in [9.17, 15) is 4.39 Å². The predicted octanol–water partition coefficient (Wildman–Crippen LogP) is 2.74. The van der Waals surface area contributed by atoms with Crippen molar-refractivity contribution in [3.63, 3.8) is 0 Å². The first-order chi connectivity index (χ1) is 3.85. The van der Waals surface area contributed by atoms with Crippen molar-refractivity contribution in [3.05, 3.63) is 5.92 Å². The average molecular weight is 206 g/mol. The van der Waals surface area contributed by atoms with Gasteiger partial charge in [0.25, 0.3) is 0 Å². The molecule has 0 aliphatic heterocycles.